The van der Waals surface area contributed by atoms with Crippen LogP contribution in [0.1, 0.15) is 54.3 Å². The van der Waals surface area contributed by atoms with Gasteiger partial charge in [-0.3, -0.25) is 29.4 Å². The molecular formula is C22H29N5O6. The molecule has 1 unspecified atom stereocenters. The standard InChI is InChI=1S/C22H29N5O6/c1-22(2,3)33-21(32)24-10-12-26(11-9-23)14-6-4-5-13-17(14)20(31)27(19(13)30)15-7-8-16(28)25-18(15)29/h4-6,15H,7-12,23H2,1-3H3,(H,24,32)(H,25,28,29). The number of amides is 5. The van der Waals surface area contributed by atoms with E-state index in [-0.39, 0.29) is 37.1 Å². The molecule has 0 saturated carbocycles. The van der Waals surface area contributed by atoms with Crippen molar-refractivity contribution in [3.8, 4) is 0 Å². The minimum absolute atomic E-state index is 0.0479. The molecule has 3 rings (SSSR count). The maximum Gasteiger partial charge on any atom is 0.407 e. The zero-order valence-corrected chi connectivity index (χ0v) is 19.0. The van der Waals surface area contributed by atoms with E-state index in [1.165, 1.54) is 6.07 Å². The Morgan fingerprint density at radius 3 is 2.58 bits per heavy atom. The molecule has 2 heterocycles. The van der Waals surface area contributed by atoms with Crippen molar-refractivity contribution in [2.75, 3.05) is 31.1 Å². The summed E-state index contributed by atoms with van der Waals surface area (Å²) in [6.45, 7) is 6.46. The monoisotopic (exact) mass is 459 g/mol. The molecule has 0 aromatic heterocycles. The summed E-state index contributed by atoms with van der Waals surface area (Å²) in [5.74, 6) is -2.27. The van der Waals surface area contributed by atoms with E-state index in [1.54, 1.807) is 37.8 Å². The zero-order chi connectivity index (χ0) is 24.3. The Kier molecular flexibility index (Phi) is 7.01. The largest absolute Gasteiger partial charge is 0.444 e. The van der Waals surface area contributed by atoms with Crippen molar-refractivity contribution in [2.45, 2.75) is 45.3 Å². The topological polar surface area (TPSA) is 151 Å². The summed E-state index contributed by atoms with van der Waals surface area (Å²) in [4.78, 5) is 64.8. The highest BCUT2D eigenvalue weighted by atomic mass is 16.6. The Balaban J connectivity index is 1.80. The van der Waals surface area contributed by atoms with Crippen molar-refractivity contribution >= 4 is 35.4 Å². The maximum absolute atomic E-state index is 13.3. The van der Waals surface area contributed by atoms with Crippen molar-refractivity contribution in [2.24, 2.45) is 5.73 Å². The fourth-order valence-corrected chi connectivity index (χ4v) is 3.88. The third-order valence-electron chi connectivity index (χ3n) is 5.24. The summed E-state index contributed by atoms with van der Waals surface area (Å²) in [6.07, 6.45) is -0.437. The number of nitrogens with one attached hydrogen (secondary N) is 2. The normalized spacial score (nSPS) is 18.2. The lowest BCUT2D eigenvalue weighted by molar-refractivity contribution is -0.136. The van der Waals surface area contributed by atoms with Crippen LogP contribution in [0.15, 0.2) is 18.2 Å². The highest BCUT2D eigenvalue weighted by Gasteiger charge is 2.46. The van der Waals surface area contributed by atoms with Crippen LogP contribution < -0.4 is 21.3 Å². The number of fused-ring (bicyclic) bond motifs is 1. The van der Waals surface area contributed by atoms with Gasteiger partial charge in [-0.15, -0.1) is 0 Å². The molecule has 1 saturated heterocycles. The van der Waals surface area contributed by atoms with Crippen LogP contribution in [-0.2, 0) is 14.3 Å². The Hall–Kier alpha value is -3.47. The van der Waals surface area contributed by atoms with E-state index in [1.807, 2.05) is 0 Å². The number of hydrogen-bond donors (Lipinski definition) is 3. The molecule has 0 spiro atoms. The Bertz CT molecular complexity index is 986. The number of ether oxygens (including phenoxy) is 1. The predicted molar refractivity (Wildman–Crippen MR) is 119 cm³/mol. The second-order valence-electron chi connectivity index (χ2n) is 8.85. The molecule has 1 atom stereocenters. The highest BCUT2D eigenvalue weighted by Crippen LogP contribution is 2.34. The van der Waals surface area contributed by atoms with Gasteiger partial charge in [-0.05, 0) is 39.3 Å². The molecule has 2 aliphatic rings. The summed E-state index contributed by atoms with van der Waals surface area (Å²) in [5, 5.41) is 4.85. The van der Waals surface area contributed by atoms with Crippen molar-refractivity contribution in [1.29, 1.82) is 0 Å². The lowest BCUT2D eigenvalue weighted by Gasteiger charge is -2.28. The third-order valence-corrected chi connectivity index (χ3v) is 5.24. The summed E-state index contributed by atoms with van der Waals surface area (Å²) < 4.78 is 5.23. The number of nitrogens with two attached hydrogens (primary N) is 1. The number of carbonyl (C=O) groups is 5. The Labute approximate surface area is 191 Å². The third kappa shape index (κ3) is 5.30. The maximum atomic E-state index is 13.3. The van der Waals surface area contributed by atoms with Crippen molar-refractivity contribution < 1.29 is 28.7 Å². The molecule has 2 aliphatic heterocycles. The summed E-state index contributed by atoms with van der Waals surface area (Å²) in [6, 6.07) is 3.84. The number of piperidine rings is 1. The van der Waals surface area contributed by atoms with E-state index >= 15 is 0 Å². The second-order valence-corrected chi connectivity index (χ2v) is 8.85. The Morgan fingerprint density at radius 1 is 1.21 bits per heavy atom. The molecule has 178 valence electrons. The smallest absolute Gasteiger partial charge is 0.407 e. The number of nitrogens with zero attached hydrogens (tertiary/aromatic N) is 2. The van der Waals surface area contributed by atoms with Crippen molar-refractivity contribution in [3.05, 3.63) is 29.3 Å². The average molecular weight is 460 g/mol. The number of rotatable bonds is 7. The van der Waals surface area contributed by atoms with E-state index in [0.29, 0.717) is 18.8 Å². The van der Waals surface area contributed by atoms with Gasteiger partial charge in [0.2, 0.25) is 11.8 Å². The van der Waals surface area contributed by atoms with Crippen molar-refractivity contribution in [3.63, 3.8) is 0 Å². The second kappa shape index (κ2) is 9.57. The number of carbonyl (C=O) groups excluding carboxylic acids is 5. The lowest BCUT2D eigenvalue weighted by Crippen LogP contribution is -2.54. The van der Waals surface area contributed by atoms with E-state index in [2.05, 4.69) is 10.6 Å². The van der Waals surface area contributed by atoms with Gasteiger partial charge < -0.3 is 20.7 Å². The number of alkyl carbamates (subject to hydrolysis) is 1. The van der Waals surface area contributed by atoms with E-state index in [0.717, 1.165) is 4.90 Å². The number of imide groups is 2. The first kappa shape index (κ1) is 24.2. The molecule has 0 aliphatic carbocycles. The quantitative estimate of drug-likeness (QED) is 0.495. The van der Waals surface area contributed by atoms with Crippen LogP contribution in [0.3, 0.4) is 0 Å². The molecule has 11 nitrogen and oxygen atoms in total. The Morgan fingerprint density at radius 2 is 1.94 bits per heavy atom. The molecule has 1 aromatic rings. The first-order chi connectivity index (χ1) is 15.5. The number of anilines is 1. The van der Waals surface area contributed by atoms with Crippen LogP contribution in [-0.4, -0.2) is 72.4 Å². The minimum Gasteiger partial charge on any atom is -0.444 e. The molecule has 11 heteroatoms. The predicted octanol–water partition coefficient (Wildman–Crippen LogP) is 0.378. The lowest BCUT2D eigenvalue weighted by atomic mass is 10.0. The molecule has 4 N–H and O–H groups in total. The molecule has 1 aromatic carbocycles. The van der Waals surface area contributed by atoms with Crippen LogP contribution in [0.25, 0.3) is 0 Å². The van der Waals surface area contributed by atoms with Gasteiger partial charge in [0.05, 0.1) is 16.8 Å². The van der Waals surface area contributed by atoms with E-state index in [4.69, 9.17) is 10.5 Å². The molecule has 1 fully saturated rings. The summed E-state index contributed by atoms with van der Waals surface area (Å²) in [7, 11) is 0. The fraction of sp³-hybridized carbons (Fsp3) is 0.500. The van der Waals surface area contributed by atoms with Crippen molar-refractivity contribution in [1.82, 2.24) is 15.5 Å². The van der Waals surface area contributed by atoms with Gasteiger partial charge in [0.15, 0.2) is 0 Å². The van der Waals surface area contributed by atoms with Gasteiger partial charge in [-0.25, -0.2) is 4.79 Å². The van der Waals surface area contributed by atoms with Gasteiger partial charge >= 0.3 is 6.09 Å². The first-order valence-corrected chi connectivity index (χ1v) is 10.8. The minimum atomic E-state index is -1.04. The molecule has 0 radical (unpaired) electrons. The summed E-state index contributed by atoms with van der Waals surface area (Å²) >= 11 is 0. The molecule has 33 heavy (non-hydrogen) atoms. The average Bonchev–Trinajstić information content (AvgIpc) is 2.97. The molecular weight excluding hydrogens is 430 g/mol. The number of hydrogen-bond acceptors (Lipinski definition) is 8. The number of benzene rings is 1. The van der Waals surface area contributed by atoms with Gasteiger partial charge in [-0.1, -0.05) is 6.07 Å². The first-order valence-electron chi connectivity index (χ1n) is 10.8. The van der Waals surface area contributed by atoms with Gasteiger partial charge in [0.1, 0.15) is 11.6 Å². The van der Waals surface area contributed by atoms with E-state index in [9.17, 15) is 24.0 Å². The highest BCUT2D eigenvalue weighted by molar-refractivity contribution is 6.25. The molecule has 5 amide bonds. The fourth-order valence-electron chi connectivity index (χ4n) is 3.88. The van der Waals surface area contributed by atoms with Gasteiger partial charge in [0, 0.05) is 32.6 Å². The summed E-state index contributed by atoms with van der Waals surface area (Å²) in [5.41, 5.74) is 5.98. The molecule has 0 bridgehead atoms. The van der Waals surface area contributed by atoms with Gasteiger partial charge in [0.25, 0.3) is 11.8 Å². The zero-order valence-electron chi connectivity index (χ0n) is 19.0. The van der Waals surface area contributed by atoms with Crippen LogP contribution in [0.4, 0.5) is 10.5 Å². The van der Waals surface area contributed by atoms with Crippen LogP contribution in [0, 0.1) is 0 Å². The SMILES string of the molecule is CC(C)(C)OC(=O)NCCN(CCN)c1cccc2c1C(=O)N(C1CCC(=O)NC1=O)C2=O. The van der Waals surface area contributed by atoms with Crippen LogP contribution in [0.2, 0.25) is 0 Å². The van der Waals surface area contributed by atoms with E-state index < -0.39 is 41.4 Å². The van der Waals surface area contributed by atoms with Gasteiger partial charge in [-0.2, -0.15) is 0 Å². The van der Waals surface area contributed by atoms with Crippen LogP contribution in [0.5, 0.6) is 0 Å². The van der Waals surface area contributed by atoms with Crippen LogP contribution >= 0.6 is 0 Å².